The van der Waals surface area contributed by atoms with Gasteiger partial charge < -0.3 is 5.41 Å². The van der Waals surface area contributed by atoms with Crippen molar-refractivity contribution in [3.05, 3.63) is 35.4 Å². The van der Waals surface area contributed by atoms with E-state index >= 15 is 0 Å². The molecule has 108 valence electrons. The maximum absolute atomic E-state index is 12.4. The lowest BCUT2D eigenvalue weighted by Crippen LogP contribution is -2.24. The first-order chi connectivity index (χ1) is 9.36. The topological polar surface area (TPSA) is 40.9 Å². The molecule has 0 amide bonds. The van der Waals surface area contributed by atoms with E-state index in [2.05, 4.69) is 0 Å². The van der Waals surface area contributed by atoms with E-state index in [4.69, 9.17) is 5.41 Å². The van der Waals surface area contributed by atoms with E-state index in [1.165, 1.54) is 12.1 Å². The Morgan fingerprint density at radius 1 is 1.20 bits per heavy atom. The van der Waals surface area contributed by atoms with Crippen LogP contribution in [0.2, 0.25) is 0 Å². The van der Waals surface area contributed by atoms with E-state index in [0.29, 0.717) is 31.4 Å². The summed E-state index contributed by atoms with van der Waals surface area (Å²) in [5, 5.41) is 7.46. The molecule has 1 N–H and O–H groups in total. The van der Waals surface area contributed by atoms with Gasteiger partial charge in [-0.15, -0.1) is 0 Å². The fourth-order valence-electron chi connectivity index (χ4n) is 2.46. The highest BCUT2D eigenvalue weighted by Gasteiger charge is 2.30. The molecule has 1 aliphatic carbocycles. The molecule has 0 aromatic heterocycles. The van der Waals surface area contributed by atoms with Crippen LogP contribution < -0.4 is 0 Å². The zero-order chi connectivity index (χ0) is 14.8. The quantitative estimate of drug-likeness (QED) is 0.894. The highest BCUT2D eigenvalue weighted by atomic mass is 19.4. The summed E-state index contributed by atoms with van der Waals surface area (Å²) in [5.74, 6) is 0.0413. The number of rotatable bonds is 3. The van der Waals surface area contributed by atoms with Crippen LogP contribution in [0, 0.1) is 11.3 Å². The molecule has 0 radical (unpaired) electrons. The summed E-state index contributed by atoms with van der Waals surface area (Å²) in [5.41, 5.74) is 0.649. The monoisotopic (exact) mass is 283 g/mol. The summed E-state index contributed by atoms with van der Waals surface area (Å²) in [6.45, 7) is 0. The molecule has 2 rings (SSSR count). The Hall–Kier alpha value is -1.65. The van der Waals surface area contributed by atoms with Crippen LogP contribution in [0.15, 0.2) is 24.3 Å². The van der Waals surface area contributed by atoms with Gasteiger partial charge in [0.25, 0.3) is 0 Å². The van der Waals surface area contributed by atoms with E-state index in [-0.39, 0.29) is 18.1 Å². The number of benzene rings is 1. The third-order valence-corrected chi connectivity index (χ3v) is 3.70. The molecule has 2 nitrogen and oxygen atoms in total. The van der Waals surface area contributed by atoms with Crippen molar-refractivity contribution < 1.29 is 18.0 Å². The number of halogens is 3. The van der Waals surface area contributed by atoms with Gasteiger partial charge in [0.15, 0.2) is 0 Å². The Kier molecular flexibility index (Phi) is 4.26. The van der Waals surface area contributed by atoms with Crippen molar-refractivity contribution in [3.63, 3.8) is 0 Å². The molecule has 1 fully saturated rings. The Balaban J connectivity index is 1.91. The maximum atomic E-state index is 12.4. The van der Waals surface area contributed by atoms with Crippen molar-refractivity contribution in [1.29, 1.82) is 5.41 Å². The molecule has 1 aliphatic rings. The molecule has 0 bridgehead atoms. The average Bonchev–Trinajstić information content (AvgIpc) is 2.37. The molecular weight excluding hydrogens is 267 g/mol. The van der Waals surface area contributed by atoms with E-state index in [1.54, 1.807) is 0 Å². The van der Waals surface area contributed by atoms with Gasteiger partial charge in [-0.1, -0.05) is 12.1 Å². The molecule has 1 aromatic carbocycles. The summed E-state index contributed by atoms with van der Waals surface area (Å²) in [6.07, 6.45) is -1.48. The molecule has 0 heterocycles. The van der Waals surface area contributed by atoms with Gasteiger partial charge in [-0.05, 0) is 43.4 Å². The smallest absolute Gasteiger partial charge is 0.309 e. The van der Waals surface area contributed by atoms with Gasteiger partial charge in [0, 0.05) is 18.1 Å². The summed E-state index contributed by atoms with van der Waals surface area (Å²) in [4.78, 5) is 11.7. The van der Waals surface area contributed by atoms with Crippen LogP contribution in [-0.4, -0.2) is 11.5 Å². The standard InChI is InChI=1S/C15H16F3NO/c16-15(17,18)12-6-2-10(3-7-12)1-4-11-5-8-13(19)9-14(11)20/h2-3,6-7,11,19H,1,4-5,8-9H2. The number of hydrogen-bond donors (Lipinski definition) is 1. The van der Waals surface area contributed by atoms with Gasteiger partial charge >= 0.3 is 6.18 Å². The van der Waals surface area contributed by atoms with Crippen molar-refractivity contribution in [2.75, 3.05) is 0 Å². The molecule has 0 saturated heterocycles. The van der Waals surface area contributed by atoms with Gasteiger partial charge in [0.05, 0.1) is 5.56 Å². The lowest BCUT2D eigenvalue weighted by Gasteiger charge is -2.21. The third kappa shape index (κ3) is 3.68. The van der Waals surface area contributed by atoms with Crippen LogP contribution in [0.4, 0.5) is 13.2 Å². The molecule has 20 heavy (non-hydrogen) atoms. The lowest BCUT2D eigenvalue weighted by molar-refractivity contribution is -0.137. The van der Waals surface area contributed by atoms with E-state index in [0.717, 1.165) is 17.7 Å². The Labute approximate surface area is 115 Å². The van der Waals surface area contributed by atoms with Crippen molar-refractivity contribution in [3.8, 4) is 0 Å². The van der Waals surface area contributed by atoms with Crippen LogP contribution in [0.1, 0.15) is 36.8 Å². The van der Waals surface area contributed by atoms with Gasteiger partial charge in [0.1, 0.15) is 5.78 Å². The van der Waals surface area contributed by atoms with E-state index in [1.807, 2.05) is 0 Å². The minimum Gasteiger partial charge on any atom is -0.309 e. The molecule has 0 aliphatic heterocycles. The second-order valence-corrected chi connectivity index (χ2v) is 5.22. The summed E-state index contributed by atoms with van der Waals surface area (Å²) < 4.78 is 37.3. The molecule has 1 unspecified atom stereocenters. The lowest BCUT2D eigenvalue weighted by atomic mass is 9.83. The number of Topliss-reactive ketones (excluding diaryl/α,β-unsaturated/α-hetero) is 1. The predicted molar refractivity (Wildman–Crippen MR) is 69.8 cm³/mol. The number of alkyl halides is 3. The number of ketones is 1. The van der Waals surface area contributed by atoms with Crippen LogP contribution >= 0.6 is 0 Å². The highest BCUT2D eigenvalue weighted by Crippen LogP contribution is 2.29. The molecule has 1 saturated carbocycles. The first-order valence-corrected chi connectivity index (χ1v) is 6.61. The third-order valence-electron chi connectivity index (χ3n) is 3.70. The Morgan fingerprint density at radius 2 is 1.85 bits per heavy atom. The van der Waals surface area contributed by atoms with Crippen molar-refractivity contribution in [2.45, 2.75) is 38.3 Å². The zero-order valence-corrected chi connectivity index (χ0v) is 11.0. The normalized spacial score (nSPS) is 20.2. The van der Waals surface area contributed by atoms with Crippen LogP contribution in [0.5, 0.6) is 0 Å². The van der Waals surface area contributed by atoms with E-state index < -0.39 is 11.7 Å². The minimum absolute atomic E-state index is 0.0496. The van der Waals surface area contributed by atoms with E-state index in [9.17, 15) is 18.0 Å². The molecule has 1 atom stereocenters. The molecule has 0 spiro atoms. The summed E-state index contributed by atoms with van der Waals surface area (Å²) in [6, 6.07) is 5.09. The molecule has 5 heteroatoms. The minimum atomic E-state index is -4.31. The second kappa shape index (κ2) is 5.77. The predicted octanol–water partition coefficient (Wildman–Crippen LogP) is 4.03. The maximum Gasteiger partial charge on any atom is 0.416 e. The largest absolute Gasteiger partial charge is 0.416 e. The Morgan fingerprint density at radius 3 is 2.40 bits per heavy atom. The Bertz CT molecular complexity index is 505. The SMILES string of the molecule is N=C1CCC(CCc2ccc(C(F)(F)F)cc2)C(=O)C1. The fraction of sp³-hybridized carbons (Fsp3) is 0.467. The van der Waals surface area contributed by atoms with Crippen molar-refractivity contribution in [2.24, 2.45) is 5.92 Å². The number of nitrogens with one attached hydrogen (secondary N) is 1. The first kappa shape index (κ1) is 14.8. The average molecular weight is 283 g/mol. The van der Waals surface area contributed by atoms with Crippen LogP contribution in [0.3, 0.4) is 0 Å². The van der Waals surface area contributed by atoms with Crippen LogP contribution in [-0.2, 0) is 17.4 Å². The first-order valence-electron chi connectivity index (χ1n) is 6.61. The van der Waals surface area contributed by atoms with Crippen molar-refractivity contribution in [1.82, 2.24) is 0 Å². The fourth-order valence-corrected chi connectivity index (χ4v) is 2.46. The number of hydrogen-bond acceptors (Lipinski definition) is 2. The molecular formula is C15H16F3NO. The van der Waals surface area contributed by atoms with Gasteiger partial charge in [-0.2, -0.15) is 13.2 Å². The highest BCUT2D eigenvalue weighted by molar-refractivity contribution is 6.03. The summed E-state index contributed by atoms with van der Waals surface area (Å²) >= 11 is 0. The zero-order valence-electron chi connectivity index (χ0n) is 11.0. The van der Waals surface area contributed by atoms with Crippen LogP contribution in [0.25, 0.3) is 0 Å². The number of aryl methyl sites for hydroxylation is 1. The second-order valence-electron chi connectivity index (χ2n) is 5.22. The summed E-state index contributed by atoms with van der Waals surface area (Å²) in [7, 11) is 0. The van der Waals surface area contributed by atoms with Gasteiger partial charge in [-0.25, -0.2) is 0 Å². The van der Waals surface area contributed by atoms with Crippen molar-refractivity contribution >= 4 is 11.5 Å². The van der Waals surface area contributed by atoms with Gasteiger partial charge in [0.2, 0.25) is 0 Å². The van der Waals surface area contributed by atoms with Gasteiger partial charge in [-0.3, -0.25) is 4.79 Å². The number of carbonyl (C=O) groups is 1. The number of carbonyl (C=O) groups excluding carboxylic acids is 1. The molecule has 1 aromatic rings.